The summed E-state index contributed by atoms with van der Waals surface area (Å²) in [6.45, 7) is 3.22. The van der Waals surface area contributed by atoms with Crippen molar-refractivity contribution < 1.29 is 4.79 Å². The molecule has 4 nitrogen and oxygen atoms in total. The van der Waals surface area contributed by atoms with Crippen molar-refractivity contribution in [2.45, 2.75) is 13.8 Å². The third kappa shape index (κ3) is 1.13. The van der Waals surface area contributed by atoms with Crippen LogP contribution in [0.5, 0.6) is 0 Å². The Bertz CT molecular complexity index is 228. The van der Waals surface area contributed by atoms with Gasteiger partial charge in [-0.05, 0) is 6.92 Å². The first kappa shape index (κ1) is 5.94. The van der Waals surface area contributed by atoms with Gasteiger partial charge in [0.2, 0.25) is 5.91 Å². The fraction of sp³-hybridized carbons (Fsp3) is 0.400. The number of hydrogen-bond acceptors (Lipinski definition) is 3. The molecule has 0 unspecified atom stereocenters. The Morgan fingerprint density at radius 2 is 2.44 bits per heavy atom. The van der Waals surface area contributed by atoms with E-state index >= 15 is 0 Å². The van der Waals surface area contributed by atoms with Crippen LogP contribution in [-0.4, -0.2) is 20.9 Å². The monoisotopic (exact) mass is 125 g/mol. The molecule has 0 spiro atoms. The third-order valence-corrected chi connectivity index (χ3v) is 0.931. The normalized spacial score (nSPS) is 9.56. The highest BCUT2D eigenvalue weighted by Gasteiger charge is 1.97. The molecule has 0 saturated heterocycles. The highest BCUT2D eigenvalue weighted by atomic mass is 16.2. The summed E-state index contributed by atoms with van der Waals surface area (Å²) in [6, 6.07) is 0. The Kier molecular flexibility index (Phi) is 1.30. The number of rotatable bonds is 0. The number of aryl methyl sites for hydroxylation is 1. The molecule has 0 N–H and O–H groups in total. The van der Waals surface area contributed by atoms with Crippen LogP contribution in [0, 0.1) is 6.92 Å². The van der Waals surface area contributed by atoms with Crippen molar-refractivity contribution in [2.24, 2.45) is 0 Å². The number of carbonyl (C=O) groups excluding carboxylic acids is 1. The maximum atomic E-state index is 10.5. The van der Waals surface area contributed by atoms with Crippen molar-refractivity contribution in [3.63, 3.8) is 0 Å². The van der Waals surface area contributed by atoms with E-state index in [1.807, 2.05) is 0 Å². The van der Waals surface area contributed by atoms with Crippen LogP contribution >= 0.6 is 0 Å². The maximum Gasteiger partial charge on any atom is 0.245 e. The van der Waals surface area contributed by atoms with E-state index in [2.05, 4.69) is 10.3 Å². The molecule has 0 aliphatic rings. The summed E-state index contributed by atoms with van der Waals surface area (Å²) < 4.78 is 1.20. The average molecular weight is 125 g/mol. The van der Waals surface area contributed by atoms with Gasteiger partial charge in [-0.15, -0.1) is 5.10 Å². The lowest BCUT2D eigenvalue weighted by atomic mass is 10.5. The molecule has 1 aromatic rings. The first-order chi connectivity index (χ1) is 4.20. The van der Waals surface area contributed by atoms with Crippen molar-refractivity contribution in [2.75, 3.05) is 0 Å². The number of aromatic nitrogens is 3. The van der Waals surface area contributed by atoms with E-state index < -0.39 is 0 Å². The fourth-order valence-electron chi connectivity index (χ4n) is 0.501. The Balaban J connectivity index is 2.98. The zero-order chi connectivity index (χ0) is 6.85. The second-order valence-electron chi connectivity index (χ2n) is 1.82. The minimum absolute atomic E-state index is 0.115. The molecule has 0 atom stereocenters. The van der Waals surface area contributed by atoms with Gasteiger partial charge in [0.1, 0.15) is 0 Å². The Morgan fingerprint density at radius 3 is 2.67 bits per heavy atom. The number of hydrogen-bond donors (Lipinski definition) is 0. The van der Waals surface area contributed by atoms with Crippen molar-refractivity contribution >= 4 is 5.91 Å². The summed E-state index contributed by atoms with van der Waals surface area (Å²) in [5, 5.41) is 7.16. The van der Waals surface area contributed by atoms with Crippen molar-refractivity contribution in [1.29, 1.82) is 0 Å². The molecule has 0 aromatic carbocycles. The summed E-state index contributed by atoms with van der Waals surface area (Å²) in [5.41, 5.74) is 0.755. The molecule has 0 amide bonds. The van der Waals surface area contributed by atoms with Crippen molar-refractivity contribution in [1.82, 2.24) is 15.0 Å². The van der Waals surface area contributed by atoms with Gasteiger partial charge in [-0.3, -0.25) is 4.79 Å². The predicted octanol–water partition coefficient (Wildman–Crippen LogP) is 0.247. The lowest BCUT2D eigenvalue weighted by Crippen LogP contribution is -2.05. The lowest BCUT2D eigenvalue weighted by molar-refractivity contribution is 0.0919. The largest absolute Gasteiger partial charge is 0.273 e. The summed E-state index contributed by atoms with van der Waals surface area (Å²) in [7, 11) is 0. The van der Waals surface area contributed by atoms with E-state index in [-0.39, 0.29) is 5.91 Å². The third-order valence-electron chi connectivity index (χ3n) is 0.931. The SMILES string of the molecule is CC(=O)n1cc(C)nn1. The van der Waals surface area contributed by atoms with Gasteiger partial charge < -0.3 is 0 Å². The van der Waals surface area contributed by atoms with E-state index in [0.29, 0.717) is 0 Å². The van der Waals surface area contributed by atoms with E-state index in [0.717, 1.165) is 5.69 Å². The van der Waals surface area contributed by atoms with Gasteiger partial charge in [-0.1, -0.05) is 5.21 Å². The molecule has 1 rings (SSSR count). The van der Waals surface area contributed by atoms with Crippen LogP contribution in [0.25, 0.3) is 0 Å². The summed E-state index contributed by atoms with van der Waals surface area (Å²) in [5.74, 6) is -0.115. The van der Waals surface area contributed by atoms with Crippen LogP contribution in [0.1, 0.15) is 17.4 Å². The minimum atomic E-state index is -0.115. The molecule has 0 fully saturated rings. The summed E-state index contributed by atoms with van der Waals surface area (Å²) in [4.78, 5) is 10.5. The predicted molar refractivity (Wildman–Crippen MR) is 31.1 cm³/mol. The Morgan fingerprint density at radius 1 is 1.78 bits per heavy atom. The van der Waals surface area contributed by atoms with Crippen LogP contribution in [0.2, 0.25) is 0 Å². The molecule has 1 aromatic heterocycles. The molecule has 1 heterocycles. The van der Waals surface area contributed by atoms with E-state index in [1.54, 1.807) is 13.1 Å². The highest BCUT2D eigenvalue weighted by molar-refractivity contribution is 5.74. The zero-order valence-corrected chi connectivity index (χ0v) is 5.33. The maximum absolute atomic E-state index is 10.5. The fourth-order valence-corrected chi connectivity index (χ4v) is 0.501. The van der Waals surface area contributed by atoms with Gasteiger partial charge in [0.25, 0.3) is 0 Å². The smallest absolute Gasteiger partial charge is 0.245 e. The molecule has 0 radical (unpaired) electrons. The molecule has 9 heavy (non-hydrogen) atoms. The molecule has 48 valence electrons. The van der Waals surface area contributed by atoms with Crippen LogP contribution in [0.3, 0.4) is 0 Å². The molecular weight excluding hydrogens is 118 g/mol. The van der Waals surface area contributed by atoms with Gasteiger partial charge in [-0.25, -0.2) is 0 Å². The Labute approximate surface area is 52.5 Å². The van der Waals surface area contributed by atoms with Gasteiger partial charge in [0.05, 0.1) is 11.9 Å². The molecular formula is C5H7N3O. The van der Waals surface area contributed by atoms with E-state index in [9.17, 15) is 4.79 Å². The van der Waals surface area contributed by atoms with Crippen LogP contribution < -0.4 is 0 Å². The molecule has 0 aliphatic carbocycles. The van der Waals surface area contributed by atoms with Crippen LogP contribution in [0.15, 0.2) is 6.20 Å². The highest BCUT2D eigenvalue weighted by Crippen LogP contribution is 1.87. The number of nitrogens with zero attached hydrogens (tertiary/aromatic N) is 3. The topological polar surface area (TPSA) is 47.8 Å². The first-order valence-corrected chi connectivity index (χ1v) is 2.60. The van der Waals surface area contributed by atoms with Crippen molar-refractivity contribution in [3.05, 3.63) is 11.9 Å². The summed E-state index contributed by atoms with van der Waals surface area (Å²) in [6.07, 6.45) is 1.59. The second kappa shape index (κ2) is 1.97. The molecule has 0 aliphatic heterocycles. The van der Waals surface area contributed by atoms with Gasteiger partial charge >= 0.3 is 0 Å². The van der Waals surface area contributed by atoms with Gasteiger partial charge in [0, 0.05) is 6.92 Å². The Hall–Kier alpha value is -1.19. The first-order valence-electron chi connectivity index (χ1n) is 2.60. The molecule has 0 saturated carbocycles. The zero-order valence-electron chi connectivity index (χ0n) is 5.33. The standard InChI is InChI=1S/C5H7N3O/c1-4-3-8(5(2)9)7-6-4/h3H,1-2H3. The number of carbonyl (C=O) groups is 1. The quantitative estimate of drug-likeness (QED) is 0.499. The van der Waals surface area contributed by atoms with Gasteiger partial charge in [-0.2, -0.15) is 4.68 Å². The second-order valence-corrected chi connectivity index (χ2v) is 1.82. The van der Waals surface area contributed by atoms with Crippen LogP contribution in [0.4, 0.5) is 0 Å². The van der Waals surface area contributed by atoms with E-state index in [4.69, 9.17) is 0 Å². The summed E-state index contributed by atoms with van der Waals surface area (Å²) >= 11 is 0. The van der Waals surface area contributed by atoms with Crippen molar-refractivity contribution in [3.8, 4) is 0 Å². The molecule has 4 heteroatoms. The lowest BCUT2D eigenvalue weighted by Gasteiger charge is -1.85. The van der Waals surface area contributed by atoms with Crippen LogP contribution in [-0.2, 0) is 0 Å². The van der Waals surface area contributed by atoms with Gasteiger partial charge in [0.15, 0.2) is 0 Å². The van der Waals surface area contributed by atoms with E-state index in [1.165, 1.54) is 11.6 Å². The molecule has 0 bridgehead atoms. The average Bonchev–Trinajstić information content (AvgIpc) is 2.14. The minimum Gasteiger partial charge on any atom is -0.273 e.